The minimum absolute atomic E-state index is 0.0584. The molecule has 2 aliphatic rings. The van der Waals surface area contributed by atoms with Crippen LogP contribution in [0.1, 0.15) is 71.3 Å². The molecule has 1 fully saturated rings. The van der Waals surface area contributed by atoms with Gasteiger partial charge in [-0.15, -0.1) is 0 Å². The Morgan fingerprint density at radius 3 is 2.26 bits per heavy atom. The monoisotopic (exact) mass is 480 g/mol. The molecule has 1 amide bonds. The van der Waals surface area contributed by atoms with E-state index in [4.69, 9.17) is 4.98 Å². The Balaban J connectivity index is 1.92. The fraction of sp³-hybridized carbons (Fsp3) is 0.481. The molecule has 2 heterocycles. The minimum Gasteiger partial charge on any atom is -0.342 e. The van der Waals surface area contributed by atoms with Crippen molar-refractivity contribution < 1.29 is 4.79 Å². The average Bonchev–Trinajstić information content (AvgIpc) is 2.92. The molecule has 1 aliphatic carbocycles. The highest BCUT2D eigenvalue weighted by Crippen LogP contribution is 2.42. The average molecular weight is 481 g/mol. The van der Waals surface area contributed by atoms with Gasteiger partial charge in [-0.2, -0.15) is 0 Å². The third kappa shape index (κ3) is 3.88. The van der Waals surface area contributed by atoms with Crippen LogP contribution in [0.4, 0.5) is 0 Å². The van der Waals surface area contributed by atoms with Crippen molar-refractivity contribution in [3.05, 3.63) is 66.9 Å². The van der Waals surface area contributed by atoms with Crippen LogP contribution in [-0.2, 0) is 17.6 Å². The van der Waals surface area contributed by atoms with Gasteiger partial charge in [0.05, 0.1) is 5.69 Å². The maximum atomic E-state index is 12.5. The lowest BCUT2D eigenvalue weighted by Crippen LogP contribution is -2.39. The number of amides is 1. The Labute approximate surface area is 195 Å². The lowest BCUT2D eigenvalue weighted by Gasteiger charge is -2.32. The van der Waals surface area contributed by atoms with E-state index in [-0.39, 0.29) is 11.8 Å². The molecule has 0 radical (unpaired) electrons. The van der Waals surface area contributed by atoms with Gasteiger partial charge >= 0.3 is 0 Å². The number of hydrogen-bond acceptors (Lipinski definition) is 2. The van der Waals surface area contributed by atoms with Gasteiger partial charge in [0.15, 0.2) is 0 Å². The molecule has 2 aromatic rings. The number of hydrogen-bond donors (Lipinski definition) is 0. The highest BCUT2D eigenvalue weighted by Gasteiger charge is 2.29. The van der Waals surface area contributed by atoms with Crippen molar-refractivity contribution in [2.75, 3.05) is 13.1 Å². The van der Waals surface area contributed by atoms with Crippen molar-refractivity contribution in [3.63, 3.8) is 0 Å². The number of likely N-dealkylation sites (tertiary alicyclic amines) is 1. The number of aryl methyl sites for hydroxylation is 1. The normalized spacial score (nSPS) is 16.3. The summed E-state index contributed by atoms with van der Waals surface area (Å²) in [4.78, 5) is 19.5. The van der Waals surface area contributed by atoms with Gasteiger partial charge < -0.3 is 4.90 Å². The molecule has 0 saturated carbocycles. The highest BCUT2D eigenvalue weighted by molar-refractivity contribution is 9.10. The number of rotatable bonds is 1. The predicted octanol–water partition coefficient (Wildman–Crippen LogP) is 6.26. The van der Waals surface area contributed by atoms with Gasteiger partial charge in [-0.3, -0.25) is 9.78 Å². The lowest BCUT2D eigenvalue weighted by molar-refractivity contribution is -0.134. The maximum absolute atomic E-state index is 12.5. The van der Waals surface area contributed by atoms with Crippen LogP contribution in [0, 0.1) is 33.6 Å². The number of benzene rings is 1. The van der Waals surface area contributed by atoms with E-state index in [0.29, 0.717) is 0 Å². The molecule has 0 atom stereocenters. The van der Waals surface area contributed by atoms with Gasteiger partial charge in [0.1, 0.15) is 0 Å². The van der Waals surface area contributed by atoms with Gasteiger partial charge in [-0.25, -0.2) is 0 Å². The second kappa shape index (κ2) is 8.54. The van der Waals surface area contributed by atoms with Gasteiger partial charge in [-0.05, 0) is 114 Å². The number of piperidine rings is 1. The van der Waals surface area contributed by atoms with E-state index in [9.17, 15) is 4.79 Å². The number of carbonyl (C=O) groups excluding carboxylic acids is 1. The molecule has 1 aromatic heterocycles. The predicted molar refractivity (Wildman–Crippen MR) is 131 cm³/mol. The van der Waals surface area contributed by atoms with Crippen molar-refractivity contribution in [1.29, 1.82) is 0 Å². The summed E-state index contributed by atoms with van der Waals surface area (Å²) in [7, 11) is 0. The summed E-state index contributed by atoms with van der Waals surface area (Å²) < 4.78 is 1.04. The number of halogens is 1. The number of carbonyl (C=O) groups is 1. The van der Waals surface area contributed by atoms with E-state index in [1.165, 1.54) is 50.1 Å². The molecule has 0 spiro atoms. The summed E-state index contributed by atoms with van der Waals surface area (Å²) in [5.41, 5.74) is 13.8. The van der Waals surface area contributed by atoms with E-state index in [0.717, 1.165) is 48.9 Å². The maximum Gasteiger partial charge on any atom is 0.225 e. The van der Waals surface area contributed by atoms with Crippen molar-refractivity contribution >= 4 is 27.4 Å². The van der Waals surface area contributed by atoms with Gasteiger partial charge in [0.25, 0.3) is 0 Å². The summed E-state index contributed by atoms with van der Waals surface area (Å²) in [6.07, 6.45) is 5.84. The molecule has 4 rings (SSSR count). The minimum atomic E-state index is 0.0584. The molecule has 0 bridgehead atoms. The number of nitrogens with zero attached hydrogens (tertiary/aromatic N) is 2. The largest absolute Gasteiger partial charge is 0.342 e. The molecule has 1 saturated heterocycles. The van der Waals surface area contributed by atoms with Crippen LogP contribution in [0.15, 0.2) is 22.3 Å². The molecule has 4 heteroatoms. The van der Waals surface area contributed by atoms with Gasteiger partial charge in [-0.1, -0.05) is 19.4 Å². The molecule has 3 nitrogen and oxygen atoms in total. The molecular weight excluding hydrogens is 448 g/mol. The van der Waals surface area contributed by atoms with E-state index in [1.807, 2.05) is 24.9 Å². The first-order valence-electron chi connectivity index (χ1n) is 11.5. The SMILES string of the molecule is Cc1c(C)c(C)c2c(c1C)CCc1cc(Br)cnc1C2=C1CCN(C(=O)C(C)C)CC1. The van der Waals surface area contributed by atoms with Crippen LogP contribution < -0.4 is 0 Å². The van der Waals surface area contributed by atoms with Crippen LogP contribution in [-0.4, -0.2) is 28.9 Å². The summed E-state index contributed by atoms with van der Waals surface area (Å²) >= 11 is 3.63. The first-order valence-corrected chi connectivity index (χ1v) is 12.2. The summed E-state index contributed by atoms with van der Waals surface area (Å²) in [6, 6.07) is 2.25. The van der Waals surface area contributed by atoms with Crippen molar-refractivity contribution in [3.8, 4) is 0 Å². The van der Waals surface area contributed by atoms with E-state index in [2.05, 4.69) is 49.7 Å². The van der Waals surface area contributed by atoms with Crippen molar-refractivity contribution in [2.45, 2.75) is 67.2 Å². The molecule has 0 N–H and O–H groups in total. The Bertz CT molecular complexity index is 1090. The molecule has 0 unspecified atom stereocenters. The zero-order valence-electron chi connectivity index (χ0n) is 19.7. The second-order valence-corrected chi connectivity index (χ2v) is 10.4. The fourth-order valence-corrected chi connectivity index (χ4v) is 5.65. The third-order valence-electron chi connectivity index (χ3n) is 7.41. The Morgan fingerprint density at radius 2 is 1.61 bits per heavy atom. The zero-order valence-corrected chi connectivity index (χ0v) is 21.2. The smallest absolute Gasteiger partial charge is 0.225 e. The Kier molecular flexibility index (Phi) is 6.13. The lowest BCUT2D eigenvalue weighted by atomic mass is 9.81. The van der Waals surface area contributed by atoms with Gasteiger partial charge in [0, 0.05) is 35.3 Å². The fourth-order valence-electron chi connectivity index (χ4n) is 5.27. The quantitative estimate of drug-likeness (QED) is 0.482. The summed E-state index contributed by atoms with van der Waals surface area (Å²) in [5.74, 6) is 0.328. The van der Waals surface area contributed by atoms with E-state index >= 15 is 0 Å². The topological polar surface area (TPSA) is 33.2 Å². The highest BCUT2D eigenvalue weighted by atomic mass is 79.9. The summed E-state index contributed by atoms with van der Waals surface area (Å²) in [5, 5.41) is 0. The Morgan fingerprint density at radius 1 is 0.968 bits per heavy atom. The molecule has 1 aliphatic heterocycles. The van der Waals surface area contributed by atoms with Crippen molar-refractivity contribution in [2.24, 2.45) is 5.92 Å². The number of fused-ring (bicyclic) bond motifs is 2. The van der Waals surface area contributed by atoms with Crippen LogP contribution in [0.2, 0.25) is 0 Å². The van der Waals surface area contributed by atoms with E-state index in [1.54, 1.807) is 0 Å². The molecule has 1 aromatic carbocycles. The third-order valence-corrected chi connectivity index (χ3v) is 7.84. The van der Waals surface area contributed by atoms with Crippen LogP contribution in [0.25, 0.3) is 5.57 Å². The number of aromatic nitrogens is 1. The van der Waals surface area contributed by atoms with Crippen LogP contribution >= 0.6 is 15.9 Å². The molecule has 31 heavy (non-hydrogen) atoms. The Hall–Kier alpha value is -1.94. The number of pyridine rings is 1. The molecule has 164 valence electrons. The second-order valence-electron chi connectivity index (χ2n) is 9.47. The van der Waals surface area contributed by atoms with E-state index < -0.39 is 0 Å². The summed E-state index contributed by atoms with van der Waals surface area (Å²) in [6.45, 7) is 14.7. The standard InChI is InChI=1S/C27H33BrN2O/c1-15(2)27(31)30-11-9-20(10-12-30)25-24-19(6)17(4)16(3)18(5)23(24)8-7-21-13-22(28)14-29-26(21)25/h13-15H,7-12H2,1-6H3. The van der Waals surface area contributed by atoms with Crippen LogP contribution in [0.5, 0.6) is 0 Å². The van der Waals surface area contributed by atoms with Crippen LogP contribution in [0.3, 0.4) is 0 Å². The molecular formula is C27H33BrN2O. The van der Waals surface area contributed by atoms with Gasteiger partial charge in [0.2, 0.25) is 5.91 Å². The van der Waals surface area contributed by atoms with Crippen molar-refractivity contribution in [1.82, 2.24) is 9.88 Å². The zero-order chi connectivity index (χ0) is 22.4. The first-order chi connectivity index (χ1) is 14.7. The first kappa shape index (κ1) is 22.3.